The summed E-state index contributed by atoms with van der Waals surface area (Å²) < 4.78 is 0. The Morgan fingerprint density at radius 3 is 0.750 bits per heavy atom. The maximum atomic E-state index is 0. The van der Waals surface area contributed by atoms with Crippen LogP contribution in [-0.4, -0.2) is 77.0 Å². The van der Waals surface area contributed by atoms with E-state index in [0.29, 0.717) is 0 Å². The molecule has 0 radical (unpaired) electrons. The van der Waals surface area contributed by atoms with E-state index in [0.717, 1.165) is 0 Å². The molecule has 4 heavy (non-hydrogen) atoms. The molecule has 0 amide bonds. The topological polar surface area (TPSA) is 31.5 Å². The van der Waals surface area contributed by atoms with Crippen molar-refractivity contribution in [3.05, 3.63) is 0 Å². The van der Waals surface area contributed by atoms with Gasteiger partial charge in [0.25, 0.3) is 0 Å². The summed E-state index contributed by atoms with van der Waals surface area (Å²) in [7, 11) is 0. The average Bonchev–Trinajstić information content (AvgIpc) is 0. The molecule has 0 aliphatic carbocycles. The second-order valence-electron chi connectivity index (χ2n) is 0. The van der Waals surface area contributed by atoms with Gasteiger partial charge in [0.15, 0.2) is 0 Å². The van der Waals surface area contributed by atoms with Crippen molar-refractivity contribution in [3.8, 4) is 0 Å². The first kappa shape index (κ1) is 33.1. The van der Waals surface area contributed by atoms with Gasteiger partial charge in [0.2, 0.25) is 0 Å². The van der Waals surface area contributed by atoms with Gasteiger partial charge < -0.3 is 5.48 Å². The van der Waals surface area contributed by atoms with E-state index in [1.165, 1.54) is 0 Å². The molecule has 1 nitrogen and oxygen atoms in total. The van der Waals surface area contributed by atoms with E-state index < -0.39 is 0 Å². The van der Waals surface area contributed by atoms with E-state index in [4.69, 9.17) is 0 Å². The van der Waals surface area contributed by atoms with Crippen molar-refractivity contribution in [2.75, 3.05) is 0 Å². The molecule has 4 heteroatoms. The van der Waals surface area contributed by atoms with Gasteiger partial charge in [-0.25, -0.2) is 0 Å². The molecule has 0 heterocycles. The Kier molecular flexibility index (Phi) is 152. The molecule has 0 aliphatic rings. The zero-order valence-corrected chi connectivity index (χ0v) is 0.500. The minimum atomic E-state index is 0. The molecule has 0 unspecified atom stereocenters. The Hall–Kier alpha value is 2.34. The molecule has 0 aromatic rings. The molecule has 0 fully saturated rings. The summed E-state index contributed by atoms with van der Waals surface area (Å²) >= 11 is 0. The SMILES string of the molecule is O.[GaH3].[InH3].[InH3]. The molecule has 0 rings (SSSR count). The fourth-order valence-corrected chi connectivity index (χ4v) is 0. The van der Waals surface area contributed by atoms with Gasteiger partial charge in [-0.3, -0.25) is 0 Å². The van der Waals surface area contributed by atoms with Crippen LogP contribution in [0.3, 0.4) is 0 Å². The molecule has 2 N–H and O–H groups in total. The molecule has 0 saturated heterocycles. The Labute approximate surface area is 75.8 Å². The van der Waals surface area contributed by atoms with Crippen molar-refractivity contribution in [1.82, 2.24) is 0 Å². The van der Waals surface area contributed by atoms with E-state index in [1.54, 1.807) is 0 Å². The maximum absolute atomic E-state index is 0. The first-order valence-corrected chi connectivity index (χ1v) is 0. The van der Waals surface area contributed by atoms with Crippen LogP contribution >= 0.6 is 0 Å². The van der Waals surface area contributed by atoms with Crippen LogP contribution in [0.5, 0.6) is 0 Å². The van der Waals surface area contributed by atoms with E-state index in [-0.39, 0.29) is 77.0 Å². The molecule has 0 atom stereocenters. The standard InChI is InChI=1S/Ga.2In.H2O.9H/h;;;1H2;;;;;;;;;. The number of hydrogen-bond donors (Lipinski definition) is 0. The third-order valence-corrected chi connectivity index (χ3v) is 0. The van der Waals surface area contributed by atoms with Crippen molar-refractivity contribution in [3.63, 3.8) is 0 Å². The van der Waals surface area contributed by atoms with Crippen molar-refractivity contribution >= 4 is 71.5 Å². The first-order valence-electron chi connectivity index (χ1n) is 0. The molecule has 26 valence electrons. The fraction of sp³-hybridized carbons (Fsp3) is 0. The van der Waals surface area contributed by atoms with Crippen LogP contribution in [0.15, 0.2) is 0 Å². The predicted molar refractivity (Wildman–Crippen MR) is 33.4 cm³/mol. The van der Waals surface area contributed by atoms with Crippen LogP contribution in [0.4, 0.5) is 0 Å². The second kappa shape index (κ2) is 18.4. The van der Waals surface area contributed by atoms with Crippen LogP contribution < -0.4 is 0 Å². The summed E-state index contributed by atoms with van der Waals surface area (Å²) in [5, 5.41) is 0. The quantitative estimate of drug-likeness (QED) is 0.403. The van der Waals surface area contributed by atoms with Gasteiger partial charge in [-0.1, -0.05) is 0 Å². The van der Waals surface area contributed by atoms with Gasteiger partial charge in [-0.2, -0.15) is 0 Å². The Balaban J connectivity index is 0. The summed E-state index contributed by atoms with van der Waals surface area (Å²) in [5.74, 6) is 0. The van der Waals surface area contributed by atoms with Crippen molar-refractivity contribution in [1.29, 1.82) is 0 Å². The van der Waals surface area contributed by atoms with E-state index >= 15 is 0 Å². The van der Waals surface area contributed by atoms with E-state index in [2.05, 4.69) is 0 Å². The van der Waals surface area contributed by atoms with Crippen molar-refractivity contribution in [2.24, 2.45) is 0 Å². The third kappa shape index (κ3) is 8.84. The summed E-state index contributed by atoms with van der Waals surface area (Å²) in [6.07, 6.45) is 0. The van der Waals surface area contributed by atoms with Crippen molar-refractivity contribution < 1.29 is 5.48 Å². The predicted octanol–water partition coefficient (Wildman–Crippen LogP) is -4.38. The number of rotatable bonds is 0. The van der Waals surface area contributed by atoms with Crippen LogP contribution in [0.2, 0.25) is 0 Å². The molecule has 0 bridgehead atoms. The van der Waals surface area contributed by atoms with Gasteiger partial charge in [0.1, 0.15) is 0 Å². The van der Waals surface area contributed by atoms with Crippen LogP contribution in [0.25, 0.3) is 0 Å². The van der Waals surface area contributed by atoms with Gasteiger partial charge in [-0.05, 0) is 0 Å². The molecular weight excluding hydrogens is 315 g/mol. The first-order chi connectivity index (χ1) is 0. The Morgan fingerprint density at radius 2 is 0.750 bits per heavy atom. The monoisotopic (exact) mass is 326 g/mol. The van der Waals surface area contributed by atoms with E-state index in [9.17, 15) is 0 Å². The Bertz CT molecular complexity index is 6.00. The third-order valence-electron chi connectivity index (χ3n) is 0. The van der Waals surface area contributed by atoms with Crippen LogP contribution in [0.1, 0.15) is 0 Å². The summed E-state index contributed by atoms with van der Waals surface area (Å²) in [4.78, 5) is 0. The molecule has 0 saturated carbocycles. The molecule has 0 aromatic heterocycles. The van der Waals surface area contributed by atoms with Gasteiger partial charge >= 0.3 is 71.5 Å². The summed E-state index contributed by atoms with van der Waals surface area (Å²) in [5.41, 5.74) is 0. The Morgan fingerprint density at radius 1 is 0.750 bits per heavy atom. The van der Waals surface area contributed by atoms with Crippen LogP contribution in [-0.2, 0) is 0 Å². The van der Waals surface area contributed by atoms with Gasteiger partial charge in [0, 0.05) is 0 Å². The minimum absolute atomic E-state index is 0. The van der Waals surface area contributed by atoms with E-state index in [1.807, 2.05) is 0 Å². The zero-order valence-electron chi connectivity index (χ0n) is 0.500. The molecular formula is H11GaIn2O. The molecule has 0 aromatic carbocycles. The normalized spacial score (nSPS) is 0. The van der Waals surface area contributed by atoms with Gasteiger partial charge in [-0.15, -0.1) is 0 Å². The average molecular weight is 326 g/mol. The van der Waals surface area contributed by atoms with Gasteiger partial charge in [0.05, 0.1) is 0 Å². The molecule has 0 aliphatic heterocycles. The summed E-state index contributed by atoms with van der Waals surface area (Å²) in [6.45, 7) is 0. The second-order valence-corrected chi connectivity index (χ2v) is 0. The summed E-state index contributed by atoms with van der Waals surface area (Å²) in [6, 6.07) is 0. The fourth-order valence-electron chi connectivity index (χ4n) is 0. The zero-order chi connectivity index (χ0) is 0. The van der Waals surface area contributed by atoms with Crippen LogP contribution in [0, 0.1) is 0 Å². The molecule has 0 spiro atoms. The van der Waals surface area contributed by atoms with Crippen molar-refractivity contribution in [2.45, 2.75) is 0 Å². The number of hydrogen-bond acceptors (Lipinski definition) is 0.